The van der Waals surface area contributed by atoms with Gasteiger partial charge in [-0.1, -0.05) is 23.2 Å². The summed E-state index contributed by atoms with van der Waals surface area (Å²) in [6.45, 7) is 0. The first-order valence-electron chi connectivity index (χ1n) is 4.31. The monoisotopic (exact) mass is 260 g/mol. The largest absolute Gasteiger partial charge is 0.460 e. The molecule has 0 aliphatic heterocycles. The standard InChI is InChI=1S/C11H7Cl3O/c12-6-8-2-4-11(15-8)7-1-3-9(13)10(14)5-7/h1-5H,6H2. The maximum Gasteiger partial charge on any atom is 0.134 e. The van der Waals surface area contributed by atoms with Crippen LogP contribution in [0.4, 0.5) is 0 Å². The molecule has 1 nitrogen and oxygen atoms in total. The molecule has 0 saturated heterocycles. The van der Waals surface area contributed by atoms with Crippen LogP contribution in [0.2, 0.25) is 10.0 Å². The molecule has 0 aliphatic rings. The third kappa shape index (κ3) is 2.31. The number of alkyl halides is 1. The molecule has 0 bridgehead atoms. The molecule has 0 atom stereocenters. The molecule has 78 valence electrons. The summed E-state index contributed by atoms with van der Waals surface area (Å²) in [5.41, 5.74) is 0.890. The van der Waals surface area contributed by atoms with Crippen molar-refractivity contribution in [3.63, 3.8) is 0 Å². The van der Waals surface area contributed by atoms with E-state index in [0.29, 0.717) is 15.9 Å². The highest BCUT2D eigenvalue weighted by atomic mass is 35.5. The van der Waals surface area contributed by atoms with E-state index in [9.17, 15) is 0 Å². The van der Waals surface area contributed by atoms with Crippen LogP contribution in [-0.2, 0) is 5.88 Å². The van der Waals surface area contributed by atoms with Crippen LogP contribution >= 0.6 is 34.8 Å². The van der Waals surface area contributed by atoms with Crippen molar-refractivity contribution < 1.29 is 4.42 Å². The van der Waals surface area contributed by atoms with Crippen LogP contribution < -0.4 is 0 Å². The molecule has 15 heavy (non-hydrogen) atoms. The lowest BCUT2D eigenvalue weighted by molar-refractivity contribution is 0.543. The third-order valence-electron chi connectivity index (χ3n) is 2.00. The van der Waals surface area contributed by atoms with E-state index in [0.717, 1.165) is 17.1 Å². The number of benzene rings is 1. The van der Waals surface area contributed by atoms with E-state index >= 15 is 0 Å². The minimum Gasteiger partial charge on any atom is -0.460 e. The zero-order valence-electron chi connectivity index (χ0n) is 7.64. The molecule has 0 saturated carbocycles. The number of hydrogen-bond acceptors (Lipinski definition) is 1. The second-order valence-corrected chi connectivity index (χ2v) is 4.11. The van der Waals surface area contributed by atoms with Gasteiger partial charge in [0.1, 0.15) is 11.5 Å². The number of rotatable bonds is 2. The highest BCUT2D eigenvalue weighted by Gasteiger charge is 2.06. The molecule has 0 radical (unpaired) electrons. The van der Waals surface area contributed by atoms with Crippen LogP contribution in [0.1, 0.15) is 5.76 Å². The molecule has 0 amide bonds. The Morgan fingerprint density at radius 3 is 2.40 bits per heavy atom. The molecule has 1 aromatic heterocycles. The molecule has 0 fully saturated rings. The summed E-state index contributed by atoms with van der Waals surface area (Å²) in [4.78, 5) is 0. The summed E-state index contributed by atoms with van der Waals surface area (Å²) in [7, 11) is 0. The number of hydrogen-bond donors (Lipinski definition) is 0. The fourth-order valence-corrected chi connectivity index (χ4v) is 1.70. The van der Waals surface area contributed by atoms with Crippen molar-refractivity contribution in [2.45, 2.75) is 5.88 Å². The van der Waals surface area contributed by atoms with Gasteiger partial charge < -0.3 is 4.42 Å². The Morgan fingerprint density at radius 2 is 1.80 bits per heavy atom. The van der Waals surface area contributed by atoms with Gasteiger partial charge in [-0.25, -0.2) is 0 Å². The normalized spacial score (nSPS) is 10.6. The Hall–Kier alpha value is -0.630. The summed E-state index contributed by atoms with van der Waals surface area (Å²) in [6, 6.07) is 9.05. The van der Waals surface area contributed by atoms with Gasteiger partial charge in [0.25, 0.3) is 0 Å². The van der Waals surface area contributed by atoms with Gasteiger partial charge in [0, 0.05) is 5.56 Å². The fraction of sp³-hybridized carbons (Fsp3) is 0.0909. The van der Waals surface area contributed by atoms with E-state index in [-0.39, 0.29) is 0 Å². The molecule has 0 N–H and O–H groups in total. The average molecular weight is 262 g/mol. The number of halogens is 3. The van der Waals surface area contributed by atoms with Crippen molar-refractivity contribution in [3.8, 4) is 11.3 Å². The summed E-state index contributed by atoms with van der Waals surface area (Å²) >= 11 is 17.4. The van der Waals surface area contributed by atoms with Crippen LogP contribution in [0, 0.1) is 0 Å². The SMILES string of the molecule is ClCc1ccc(-c2ccc(Cl)c(Cl)c2)o1. The predicted octanol–water partition coefficient (Wildman–Crippen LogP) is 4.99. The van der Waals surface area contributed by atoms with Crippen molar-refractivity contribution in [2.75, 3.05) is 0 Å². The van der Waals surface area contributed by atoms with Crippen LogP contribution in [0.5, 0.6) is 0 Å². The first-order valence-corrected chi connectivity index (χ1v) is 5.60. The van der Waals surface area contributed by atoms with Gasteiger partial charge in [0.2, 0.25) is 0 Å². The molecule has 0 aliphatic carbocycles. The first kappa shape index (κ1) is 10.9. The molecule has 2 rings (SSSR count). The third-order valence-corrected chi connectivity index (χ3v) is 3.00. The van der Waals surface area contributed by atoms with Gasteiger partial charge in [-0.15, -0.1) is 11.6 Å². The van der Waals surface area contributed by atoms with Crippen LogP contribution in [0.25, 0.3) is 11.3 Å². The van der Waals surface area contributed by atoms with Crippen LogP contribution in [0.3, 0.4) is 0 Å². The lowest BCUT2D eigenvalue weighted by atomic mass is 10.2. The van der Waals surface area contributed by atoms with Gasteiger partial charge in [0.05, 0.1) is 15.9 Å². The summed E-state index contributed by atoms with van der Waals surface area (Å²) in [6.07, 6.45) is 0. The van der Waals surface area contributed by atoms with Crippen molar-refractivity contribution in [2.24, 2.45) is 0 Å². The molecule has 0 spiro atoms. The smallest absolute Gasteiger partial charge is 0.134 e. The van der Waals surface area contributed by atoms with Gasteiger partial charge in [-0.3, -0.25) is 0 Å². The minimum absolute atomic E-state index is 0.362. The highest BCUT2D eigenvalue weighted by Crippen LogP contribution is 2.29. The summed E-state index contributed by atoms with van der Waals surface area (Å²) in [5, 5.41) is 1.04. The molecule has 2 aromatic rings. The zero-order valence-corrected chi connectivity index (χ0v) is 9.90. The number of furan rings is 1. The van der Waals surface area contributed by atoms with Crippen LogP contribution in [-0.4, -0.2) is 0 Å². The molecular formula is C11H7Cl3O. The Labute approximate surface area is 103 Å². The molecule has 1 aromatic carbocycles. The van der Waals surface area contributed by atoms with Gasteiger partial charge in [-0.2, -0.15) is 0 Å². The molecular weight excluding hydrogens is 254 g/mol. The zero-order chi connectivity index (χ0) is 10.8. The Balaban J connectivity index is 2.40. The molecule has 0 unspecified atom stereocenters. The fourth-order valence-electron chi connectivity index (χ4n) is 1.25. The summed E-state index contributed by atoms with van der Waals surface area (Å²) in [5.74, 6) is 1.84. The Kier molecular flexibility index (Phi) is 3.25. The molecule has 1 heterocycles. The lowest BCUT2D eigenvalue weighted by Crippen LogP contribution is -1.75. The quantitative estimate of drug-likeness (QED) is 0.694. The van der Waals surface area contributed by atoms with E-state index in [1.54, 1.807) is 12.1 Å². The van der Waals surface area contributed by atoms with E-state index in [4.69, 9.17) is 39.2 Å². The molecule has 4 heteroatoms. The lowest BCUT2D eigenvalue weighted by Gasteiger charge is -1.99. The maximum atomic E-state index is 5.90. The second kappa shape index (κ2) is 4.48. The van der Waals surface area contributed by atoms with Gasteiger partial charge in [0.15, 0.2) is 0 Å². The second-order valence-electron chi connectivity index (χ2n) is 3.03. The minimum atomic E-state index is 0.362. The van der Waals surface area contributed by atoms with Gasteiger partial charge >= 0.3 is 0 Å². The van der Waals surface area contributed by atoms with Crippen molar-refractivity contribution >= 4 is 34.8 Å². The van der Waals surface area contributed by atoms with Crippen molar-refractivity contribution in [1.29, 1.82) is 0 Å². The van der Waals surface area contributed by atoms with E-state index in [2.05, 4.69) is 0 Å². The van der Waals surface area contributed by atoms with Crippen molar-refractivity contribution in [1.82, 2.24) is 0 Å². The Bertz CT molecular complexity index is 476. The maximum absolute atomic E-state index is 5.90. The van der Waals surface area contributed by atoms with Crippen LogP contribution in [0.15, 0.2) is 34.7 Å². The van der Waals surface area contributed by atoms with Crippen molar-refractivity contribution in [3.05, 3.63) is 46.1 Å². The van der Waals surface area contributed by atoms with E-state index in [1.807, 2.05) is 18.2 Å². The summed E-state index contributed by atoms with van der Waals surface area (Å²) < 4.78 is 5.48. The van der Waals surface area contributed by atoms with E-state index in [1.165, 1.54) is 0 Å². The Morgan fingerprint density at radius 1 is 1.00 bits per heavy atom. The van der Waals surface area contributed by atoms with Gasteiger partial charge in [-0.05, 0) is 30.3 Å². The van der Waals surface area contributed by atoms with E-state index < -0.39 is 0 Å². The predicted molar refractivity (Wildman–Crippen MR) is 63.7 cm³/mol. The highest BCUT2D eigenvalue weighted by molar-refractivity contribution is 6.42. The average Bonchev–Trinajstić information content (AvgIpc) is 2.70. The first-order chi connectivity index (χ1) is 7.20. The topological polar surface area (TPSA) is 13.1 Å².